The molecule has 1 rings (SSSR count). The van der Waals surface area contributed by atoms with Crippen molar-refractivity contribution in [1.29, 1.82) is 0 Å². The first-order valence-electron chi connectivity index (χ1n) is 13.1. The minimum Gasteiger partial charge on any atom is -0.390 e. The molecule has 216 valence electrons. The number of carbonyl (C=O) groups is 3. The van der Waals surface area contributed by atoms with Gasteiger partial charge in [0.1, 0.15) is 12.1 Å². The Labute approximate surface area is 226 Å². The molecule has 1 heterocycles. The number of sulfone groups is 1. The first kappa shape index (κ1) is 33.5. The smallest absolute Gasteiger partial charge is 0.253 e. The second-order valence-electron chi connectivity index (χ2n) is 10.4. The van der Waals surface area contributed by atoms with Crippen molar-refractivity contribution in [2.24, 2.45) is 11.8 Å². The fourth-order valence-electron chi connectivity index (χ4n) is 3.67. The van der Waals surface area contributed by atoms with Crippen LogP contribution in [0.25, 0.3) is 0 Å². The lowest BCUT2D eigenvalue weighted by molar-refractivity contribution is -0.127. The van der Waals surface area contributed by atoms with E-state index in [1.807, 2.05) is 34.6 Å². The summed E-state index contributed by atoms with van der Waals surface area (Å²) in [6, 6.07) is 0.578. The van der Waals surface area contributed by atoms with Crippen molar-refractivity contribution in [2.75, 3.05) is 18.1 Å². The molecule has 5 N–H and O–H groups in total. The summed E-state index contributed by atoms with van der Waals surface area (Å²) in [7, 11) is -3.70. The molecule has 0 aliphatic heterocycles. The Morgan fingerprint density at radius 1 is 1.05 bits per heavy atom. The standard InChI is InChI=1S/C26H44N4O7S/c1-6-7-11-38(36,37)16-21(30-25(34)19-9-8-10-27-15-19)26(35)29-20(12-17(2)3)24(33)22(31)13-23(32)28-14-18(4)5/h8-10,15,17-18,20-22,24,31,33H,6-7,11-14,16H2,1-5H3,(H,28,32)(H,29,35)(H,30,34). The molecule has 0 saturated heterocycles. The largest absolute Gasteiger partial charge is 0.390 e. The number of hydrogen-bond acceptors (Lipinski definition) is 8. The maximum Gasteiger partial charge on any atom is 0.253 e. The Morgan fingerprint density at radius 3 is 2.29 bits per heavy atom. The van der Waals surface area contributed by atoms with Gasteiger partial charge in [0.15, 0.2) is 9.84 Å². The van der Waals surface area contributed by atoms with Gasteiger partial charge in [0.2, 0.25) is 11.8 Å². The van der Waals surface area contributed by atoms with Gasteiger partial charge in [0.25, 0.3) is 5.91 Å². The van der Waals surface area contributed by atoms with E-state index < -0.39 is 57.6 Å². The van der Waals surface area contributed by atoms with Crippen LogP contribution in [0.1, 0.15) is 70.7 Å². The highest BCUT2D eigenvalue weighted by atomic mass is 32.2. The van der Waals surface area contributed by atoms with Crippen LogP contribution in [0.2, 0.25) is 0 Å². The second kappa shape index (κ2) is 16.4. The van der Waals surface area contributed by atoms with Gasteiger partial charge >= 0.3 is 0 Å². The quantitative estimate of drug-likeness (QED) is 0.187. The SMILES string of the molecule is CCCCS(=O)(=O)CC(NC(=O)c1cccnc1)C(=O)NC(CC(C)C)C(O)C(O)CC(=O)NCC(C)C. The first-order chi connectivity index (χ1) is 17.8. The average molecular weight is 557 g/mol. The van der Waals surface area contributed by atoms with Crippen molar-refractivity contribution in [3.63, 3.8) is 0 Å². The van der Waals surface area contributed by atoms with E-state index in [1.54, 1.807) is 0 Å². The molecular formula is C26H44N4O7S. The van der Waals surface area contributed by atoms with E-state index in [0.717, 1.165) is 0 Å². The summed E-state index contributed by atoms with van der Waals surface area (Å²) in [5.41, 5.74) is 0.151. The van der Waals surface area contributed by atoms with Gasteiger partial charge in [-0.3, -0.25) is 19.4 Å². The van der Waals surface area contributed by atoms with Crippen LogP contribution in [0.3, 0.4) is 0 Å². The van der Waals surface area contributed by atoms with Crippen LogP contribution in [0.4, 0.5) is 0 Å². The highest BCUT2D eigenvalue weighted by Gasteiger charge is 2.34. The van der Waals surface area contributed by atoms with E-state index in [-0.39, 0.29) is 36.0 Å². The lowest BCUT2D eigenvalue weighted by Crippen LogP contribution is -2.57. The van der Waals surface area contributed by atoms with E-state index >= 15 is 0 Å². The van der Waals surface area contributed by atoms with Gasteiger partial charge < -0.3 is 26.2 Å². The Morgan fingerprint density at radius 2 is 1.74 bits per heavy atom. The van der Waals surface area contributed by atoms with Gasteiger partial charge in [0.05, 0.1) is 35.6 Å². The second-order valence-corrected chi connectivity index (χ2v) is 12.7. The van der Waals surface area contributed by atoms with Crippen molar-refractivity contribution in [1.82, 2.24) is 20.9 Å². The maximum absolute atomic E-state index is 13.3. The Hall–Kier alpha value is -2.57. The molecule has 0 aromatic carbocycles. The van der Waals surface area contributed by atoms with Gasteiger partial charge in [-0.1, -0.05) is 41.0 Å². The number of hydrogen-bond donors (Lipinski definition) is 5. The highest BCUT2D eigenvalue weighted by molar-refractivity contribution is 7.91. The van der Waals surface area contributed by atoms with Crippen LogP contribution in [-0.2, 0) is 19.4 Å². The van der Waals surface area contributed by atoms with Gasteiger partial charge in [-0.2, -0.15) is 0 Å². The van der Waals surface area contributed by atoms with Crippen LogP contribution in [0.5, 0.6) is 0 Å². The Balaban J connectivity index is 3.09. The Bertz CT molecular complexity index is 987. The number of aliphatic hydroxyl groups is 2. The van der Waals surface area contributed by atoms with Crippen molar-refractivity contribution in [2.45, 2.75) is 84.6 Å². The average Bonchev–Trinajstić information content (AvgIpc) is 2.85. The normalized spacial score (nSPS) is 15.0. The number of carbonyl (C=O) groups excluding carboxylic acids is 3. The van der Waals surface area contributed by atoms with Gasteiger partial charge in [-0.25, -0.2) is 8.42 Å². The molecule has 0 bridgehead atoms. The van der Waals surface area contributed by atoms with E-state index in [2.05, 4.69) is 20.9 Å². The molecule has 0 radical (unpaired) electrons. The minimum atomic E-state index is -3.70. The third-order valence-corrected chi connectivity index (χ3v) is 7.49. The number of nitrogens with zero attached hydrogens (tertiary/aromatic N) is 1. The van der Waals surface area contributed by atoms with E-state index in [9.17, 15) is 33.0 Å². The molecule has 38 heavy (non-hydrogen) atoms. The molecule has 0 aliphatic rings. The molecule has 0 spiro atoms. The van der Waals surface area contributed by atoms with E-state index in [4.69, 9.17) is 0 Å². The van der Waals surface area contributed by atoms with Crippen molar-refractivity contribution < 1.29 is 33.0 Å². The fourth-order valence-corrected chi connectivity index (χ4v) is 5.30. The predicted molar refractivity (Wildman–Crippen MR) is 145 cm³/mol. The molecule has 3 amide bonds. The summed E-state index contributed by atoms with van der Waals surface area (Å²) in [5.74, 6) is -2.51. The van der Waals surface area contributed by atoms with E-state index in [0.29, 0.717) is 19.4 Å². The third-order valence-electron chi connectivity index (χ3n) is 5.74. The zero-order valence-electron chi connectivity index (χ0n) is 23.0. The summed E-state index contributed by atoms with van der Waals surface area (Å²) in [6.45, 7) is 9.81. The fraction of sp³-hybridized carbons (Fsp3) is 0.692. The monoisotopic (exact) mass is 556 g/mol. The summed E-state index contributed by atoms with van der Waals surface area (Å²) in [5, 5.41) is 29.1. The molecule has 1 aromatic rings. The van der Waals surface area contributed by atoms with Crippen molar-refractivity contribution in [3.8, 4) is 0 Å². The first-order valence-corrected chi connectivity index (χ1v) is 14.9. The van der Waals surface area contributed by atoms with Gasteiger partial charge in [0, 0.05) is 18.9 Å². The molecular weight excluding hydrogens is 512 g/mol. The molecule has 4 atom stereocenters. The number of rotatable bonds is 17. The molecule has 0 saturated carbocycles. The van der Waals surface area contributed by atoms with Crippen LogP contribution in [0.15, 0.2) is 24.5 Å². The van der Waals surface area contributed by atoms with Crippen molar-refractivity contribution in [3.05, 3.63) is 30.1 Å². The van der Waals surface area contributed by atoms with Crippen LogP contribution in [0, 0.1) is 11.8 Å². The predicted octanol–water partition coefficient (Wildman–Crippen LogP) is 0.810. The molecule has 0 fully saturated rings. The van der Waals surface area contributed by atoms with Crippen LogP contribution in [-0.4, -0.2) is 83.7 Å². The summed E-state index contributed by atoms with van der Waals surface area (Å²) >= 11 is 0. The number of nitrogens with one attached hydrogen (secondary N) is 3. The number of pyridine rings is 1. The topological polar surface area (TPSA) is 175 Å². The number of aliphatic hydroxyl groups excluding tert-OH is 2. The lowest BCUT2D eigenvalue weighted by Gasteiger charge is -2.30. The summed E-state index contributed by atoms with van der Waals surface area (Å²) in [6.07, 6.45) is 0.718. The maximum atomic E-state index is 13.3. The molecule has 12 heteroatoms. The molecule has 1 aromatic heterocycles. The van der Waals surface area contributed by atoms with Crippen LogP contribution >= 0.6 is 0 Å². The molecule has 11 nitrogen and oxygen atoms in total. The summed E-state index contributed by atoms with van der Waals surface area (Å²) < 4.78 is 25.4. The Kier molecular flexibility index (Phi) is 14.4. The third kappa shape index (κ3) is 12.8. The zero-order valence-corrected chi connectivity index (χ0v) is 23.8. The molecule has 0 aliphatic carbocycles. The summed E-state index contributed by atoms with van der Waals surface area (Å²) in [4.78, 5) is 42.1. The van der Waals surface area contributed by atoms with Gasteiger partial charge in [-0.15, -0.1) is 0 Å². The minimum absolute atomic E-state index is 0.0198. The van der Waals surface area contributed by atoms with Gasteiger partial charge in [-0.05, 0) is 36.8 Å². The lowest BCUT2D eigenvalue weighted by atomic mass is 9.94. The number of unbranched alkanes of at least 4 members (excludes halogenated alkanes) is 1. The molecule has 4 unspecified atom stereocenters. The zero-order chi connectivity index (χ0) is 28.9. The van der Waals surface area contributed by atoms with E-state index in [1.165, 1.54) is 24.5 Å². The van der Waals surface area contributed by atoms with Crippen LogP contribution < -0.4 is 16.0 Å². The van der Waals surface area contributed by atoms with Crippen molar-refractivity contribution >= 4 is 27.6 Å². The number of amides is 3. The number of aromatic nitrogens is 1. The highest BCUT2D eigenvalue weighted by Crippen LogP contribution is 2.14.